The molecule has 14 heavy (non-hydrogen) atoms. The molecule has 0 aliphatic carbocycles. The molecule has 0 rings (SSSR count). The van der Waals surface area contributed by atoms with Gasteiger partial charge in [-0.1, -0.05) is 6.92 Å². The van der Waals surface area contributed by atoms with E-state index < -0.39 is 15.9 Å². The average molecular weight is 223 g/mol. The van der Waals surface area contributed by atoms with Crippen molar-refractivity contribution in [2.45, 2.75) is 26.9 Å². The number of sulfone groups is 1. The van der Waals surface area contributed by atoms with Crippen LogP contribution in [0.25, 0.3) is 0 Å². The molecule has 0 bridgehead atoms. The standard InChI is InChI=1S/C8H17NO4S/c1-4-14(11,12)6-5-9-8(10)13-7(2)3/h7H,4-6H2,1-3H3,(H,9,10). The van der Waals surface area contributed by atoms with Gasteiger partial charge >= 0.3 is 6.09 Å². The van der Waals surface area contributed by atoms with Crippen LogP contribution >= 0.6 is 0 Å². The van der Waals surface area contributed by atoms with Gasteiger partial charge in [0.05, 0.1) is 11.9 Å². The fraction of sp³-hybridized carbons (Fsp3) is 0.875. The topological polar surface area (TPSA) is 72.5 Å². The number of alkyl carbamates (subject to hydrolysis) is 1. The summed E-state index contributed by atoms with van der Waals surface area (Å²) in [6.45, 7) is 5.12. The predicted octanol–water partition coefficient (Wildman–Crippen LogP) is 0.556. The Morgan fingerprint density at radius 3 is 2.43 bits per heavy atom. The molecule has 0 aromatic heterocycles. The molecule has 0 fully saturated rings. The first-order chi connectivity index (χ1) is 6.37. The summed E-state index contributed by atoms with van der Waals surface area (Å²) in [4.78, 5) is 10.9. The number of hydrogen-bond donors (Lipinski definition) is 1. The molecule has 0 aliphatic rings. The van der Waals surface area contributed by atoms with Gasteiger partial charge in [-0.15, -0.1) is 0 Å². The lowest BCUT2D eigenvalue weighted by atomic mass is 10.5. The Balaban J connectivity index is 3.70. The van der Waals surface area contributed by atoms with Gasteiger partial charge in [-0.3, -0.25) is 0 Å². The molecule has 0 saturated carbocycles. The summed E-state index contributed by atoms with van der Waals surface area (Å²) in [5.41, 5.74) is 0. The van der Waals surface area contributed by atoms with Gasteiger partial charge in [-0.25, -0.2) is 13.2 Å². The maximum absolute atomic E-state index is 11.0. The number of nitrogens with one attached hydrogen (secondary N) is 1. The molecule has 0 aromatic carbocycles. The Kier molecular flexibility index (Phi) is 5.52. The van der Waals surface area contributed by atoms with E-state index in [1.807, 2.05) is 0 Å². The minimum absolute atomic E-state index is 0.0449. The highest BCUT2D eigenvalue weighted by molar-refractivity contribution is 7.91. The molecule has 1 amide bonds. The molecule has 0 aromatic rings. The Bertz CT molecular complexity index is 271. The van der Waals surface area contributed by atoms with E-state index in [0.717, 1.165) is 0 Å². The molecular formula is C8H17NO4S. The predicted molar refractivity (Wildman–Crippen MR) is 53.9 cm³/mol. The lowest BCUT2D eigenvalue weighted by Gasteiger charge is -2.08. The van der Waals surface area contributed by atoms with Gasteiger partial charge in [0.25, 0.3) is 0 Å². The summed E-state index contributed by atoms with van der Waals surface area (Å²) in [5.74, 6) is 0.0462. The quantitative estimate of drug-likeness (QED) is 0.739. The number of rotatable bonds is 5. The minimum atomic E-state index is -3.01. The van der Waals surface area contributed by atoms with Gasteiger partial charge in [0.2, 0.25) is 0 Å². The van der Waals surface area contributed by atoms with Gasteiger partial charge in [0, 0.05) is 12.3 Å². The van der Waals surface area contributed by atoms with E-state index in [4.69, 9.17) is 4.74 Å². The van der Waals surface area contributed by atoms with Crippen molar-refractivity contribution in [3.05, 3.63) is 0 Å². The first kappa shape index (κ1) is 13.2. The highest BCUT2D eigenvalue weighted by Crippen LogP contribution is 1.90. The van der Waals surface area contributed by atoms with Gasteiger partial charge in [0.1, 0.15) is 0 Å². The fourth-order valence-corrected chi connectivity index (χ4v) is 1.41. The van der Waals surface area contributed by atoms with Crippen LogP contribution in [0.3, 0.4) is 0 Å². The minimum Gasteiger partial charge on any atom is -0.447 e. The van der Waals surface area contributed by atoms with Crippen molar-refractivity contribution in [2.24, 2.45) is 0 Å². The SMILES string of the molecule is CCS(=O)(=O)CCNC(=O)OC(C)C. The van der Waals surface area contributed by atoms with Gasteiger partial charge in [0.15, 0.2) is 9.84 Å². The Labute approximate surface area is 84.7 Å². The number of carbonyl (C=O) groups is 1. The van der Waals surface area contributed by atoms with Crippen LogP contribution in [0.15, 0.2) is 0 Å². The van der Waals surface area contributed by atoms with Crippen LogP contribution in [0, 0.1) is 0 Å². The van der Waals surface area contributed by atoms with Crippen molar-refractivity contribution < 1.29 is 17.9 Å². The van der Waals surface area contributed by atoms with Crippen LogP contribution in [0.5, 0.6) is 0 Å². The van der Waals surface area contributed by atoms with Crippen LogP contribution in [-0.2, 0) is 14.6 Å². The highest BCUT2D eigenvalue weighted by Gasteiger charge is 2.09. The van der Waals surface area contributed by atoms with E-state index in [0.29, 0.717) is 0 Å². The number of amides is 1. The molecule has 0 aliphatic heterocycles. The molecule has 5 nitrogen and oxygen atoms in total. The summed E-state index contributed by atoms with van der Waals surface area (Å²) < 4.78 is 26.8. The third kappa shape index (κ3) is 6.71. The van der Waals surface area contributed by atoms with Crippen molar-refractivity contribution in [3.8, 4) is 0 Å². The van der Waals surface area contributed by atoms with E-state index in [2.05, 4.69) is 5.32 Å². The van der Waals surface area contributed by atoms with Crippen molar-refractivity contribution in [1.82, 2.24) is 5.32 Å². The Morgan fingerprint density at radius 2 is 2.00 bits per heavy atom. The summed E-state index contributed by atoms with van der Waals surface area (Å²) in [6.07, 6.45) is -0.774. The molecule has 6 heteroatoms. The molecule has 0 heterocycles. The maximum atomic E-state index is 11.0. The zero-order valence-electron chi connectivity index (χ0n) is 8.74. The second kappa shape index (κ2) is 5.85. The summed E-state index contributed by atoms with van der Waals surface area (Å²) in [5, 5.41) is 2.36. The summed E-state index contributed by atoms with van der Waals surface area (Å²) in [7, 11) is -3.01. The Hall–Kier alpha value is -0.780. The van der Waals surface area contributed by atoms with Gasteiger partial charge in [-0.05, 0) is 13.8 Å². The van der Waals surface area contributed by atoms with Crippen molar-refractivity contribution in [3.63, 3.8) is 0 Å². The van der Waals surface area contributed by atoms with Crippen LogP contribution in [-0.4, -0.2) is 38.7 Å². The van der Waals surface area contributed by atoms with E-state index >= 15 is 0 Å². The zero-order chi connectivity index (χ0) is 11.2. The van der Waals surface area contributed by atoms with Crippen LogP contribution < -0.4 is 5.32 Å². The molecule has 0 saturated heterocycles. The molecule has 0 spiro atoms. The summed E-state index contributed by atoms with van der Waals surface area (Å²) in [6, 6.07) is 0. The molecule has 0 unspecified atom stereocenters. The smallest absolute Gasteiger partial charge is 0.407 e. The maximum Gasteiger partial charge on any atom is 0.407 e. The fourth-order valence-electron chi connectivity index (χ4n) is 0.709. The van der Waals surface area contributed by atoms with E-state index in [-0.39, 0.29) is 24.2 Å². The first-order valence-electron chi connectivity index (χ1n) is 4.52. The van der Waals surface area contributed by atoms with Crippen LogP contribution in [0.2, 0.25) is 0 Å². The normalized spacial score (nSPS) is 11.4. The van der Waals surface area contributed by atoms with E-state index in [1.165, 1.54) is 0 Å². The van der Waals surface area contributed by atoms with E-state index in [1.54, 1.807) is 20.8 Å². The second-order valence-electron chi connectivity index (χ2n) is 3.12. The van der Waals surface area contributed by atoms with Gasteiger partial charge in [-0.2, -0.15) is 0 Å². The molecule has 84 valence electrons. The number of ether oxygens (including phenoxy) is 1. The summed E-state index contributed by atoms with van der Waals surface area (Å²) >= 11 is 0. The third-order valence-corrected chi connectivity index (χ3v) is 3.17. The van der Waals surface area contributed by atoms with E-state index in [9.17, 15) is 13.2 Å². The molecule has 1 N–H and O–H groups in total. The molecular weight excluding hydrogens is 206 g/mol. The third-order valence-electron chi connectivity index (χ3n) is 1.46. The first-order valence-corrected chi connectivity index (χ1v) is 6.34. The lowest BCUT2D eigenvalue weighted by Crippen LogP contribution is -2.31. The monoisotopic (exact) mass is 223 g/mol. The molecule has 0 radical (unpaired) electrons. The number of carbonyl (C=O) groups excluding carboxylic acids is 1. The Morgan fingerprint density at radius 1 is 1.43 bits per heavy atom. The number of hydrogen-bond acceptors (Lipinski definition) is 4. The lowest BCUT2D eigenvalue weighted by molar-refractivity contribution is 0.116. The van der Waals surface area contributed by atoms with Crippen LogP contribution in [0.4, 0.5) is 4.79 Å². The van der Waals surface area contributed by atoms with Gasteiger partial charge < -0.3 is 10.1 Å². The molecule has 0 atom stereocenters. The van der Waals surface area contributed by atoms with Crippen molar-refractivity contribution >= 4 is 15.9 Å². The van der Waals surface area contributed by atoms with Crippen molar-refractivity contribution in [2.75, 3.05) is 18.1 Å². The van der Waals surface area contributed by atoms with Crippen LogP contribution in [0.1, 0.15) is 20.8 Å². The van der Waals surface area contributed by atoms with Crippen molar-refractivity contribution in [1.29, 1.82) is 0 Å². The largest absolute Gasteiger partial charge is 0.447 e. The second-order valence-corrected chi connectivity index (χ2v) is 5.59. The zero-order valence-corrected chi connectivity index (χ0v) is 9.56. The average Bonchev–Trinajstić information content (AvgIpc) is 2.02. The highest BCUT2D eigenvalue weighted by atomic mass is 32.2.